The summed E-state index contributed by atoms with van der Waals surface area (Å²) in [5.41, 5.74) is 2.97. The Balaban J connectivity index is 1.63. The molecule has 0 amide bonds. The van der Waals surface area contributed by atoms with E-state index < -0.39 is 5.92 Å². The Morgan fingerprint density at radius 2 is 1.31 bits per heavy atom. The van der Waals surface area contributed by atoms with Gasteiger partial charge in [0.05, 0.1) is 5.52 Å². The van der Waals surface area contributed by atoms with E-state index in [0.29, 0.717) is 17.5 Å². The zero-order valence-electron chi connectivity index (χ0n) is 16.0. The third-order valence-electron chi connectivity index (χ3n) is 5.07. The van der Waals surface area contributed by atoms with Crippen molar-refractivity contribution in [1.29, 1.82) is 0 Å². The standard InChI is InChI=1S/C26H21NO2/c28-25(20-10-3-1-4-11-20)18-22(26(29)21-12-5-2-6-13-21)17-23-16-15-19-9-7-8-14-24(19)27-23/h1-16,22H,17-18H2. The van der Waals surface area contributed by atoms with E-state index >= 15 is 0 Å². The molecule has 142 valence electrons. The second kappa shape index (κ2) is 8.61. The highest BCUT2D eigenvalue weighted by Gasteiger charge is 2.24. The van der Waals surface area contributed by atoms with E-state index in [2.05, 4.69) is 0 Å². The van der Waals surface area contributed by atoms with Crippen LogP contribution in [-0.4, -0.2) is 16.6 Å². The third-order valence-corrected chi connectivity index (χ3v) is 5.07. The first kappa shape index (κ1) is 18.8. The van der Waals surface area contributed by atoms with E-state index in [-0.39, 0.29) is 18.0 Å². The van der Waals surface area contributed by atoms with Crippen LogP contribution in [0.2, 0.25) is 0 Å². The molecule has 3 nitrogen and oxygen atoms in total. The van der Waals surface area contributed by atoms with Crippen LogP contribution in [0.5, 0.6) is 0 Å². The van der Waals surface area contributed by atoms with E-state index in [0.717, 1.165) is 16.6 Å². The smallest absolute Gasteiger partial charge is 0.166 e. The third kappa shape index (κ3) is 4.46. The minimum absolute atomic E-state index is 0.0233. The summed E-state index contributed by atoms with van der Waals surface area (Å²) >= 11 is 0. The van der Waals surface area contributed by atoms with Crippen molar-refractivity contribution < 1.29 is 9.59 Å². The van der Waals surface area contributed by atoms with E-state index in [4.69, 9.17) is 4.98 Å². The van der Waals surface area contributed by atoms with Gasteiger partial charge in [-0.25, -0.2) is 0 Å². The number of carbonyl (C=O) groups excluding carboxylic acids is 2. The SMILES string of the molecule is O=C(CC(Cc1ccc2ccccc2n1)C(=O)c1ccccc1)c1ccccc1. The topological polar surface area (TPSA) is 47.0 Å². The van der Waals surface area contributed by atoms with Crippen LogP contribution in [0, 0.1) is 5.92 Å². The summed E-state index contributed by atoms with van der Waals surface area (Å²) in [5.74, 6) is -0.510. The van der Waals surface area contributed by atoms with E-state index in [1.165, 1.54) is 0 Å². The Hall–Kier alpha value is -3.59. The Morgan fingerprint density at radius 3 is 2.03 bits per heavy atom. The molecule has 0 saturated carbocycles. The van der Waals surface area contributed by atoms with Crippen LogP contribution in [0.1, 0.15) is 32.8 Å². The summed E-state index contributed by atoms with van der Waals surface area (Å²) in [7, 11) is 0. The van der Waals surface area contributed by atoms with Gasteiger partial charge in [-0.05, 0) is 12.1 Å². The molecule has 0 aliphatic carbocycles. The second-order valence-corrected chi connectivity index (χ2v) is 7.12. The maximum Gasteiger partial charge on any atom is 0.166 e. The molecule has 0 aliphatic heterocycles. The lowest BCUT2D eigenvalue weighted by atomic mass is 9.87. The molecular formula is C26H21NO2. The van der Waals surface area contributed by atoms with Crippen molar-refractivity contribution in [1.82, 2.24) is 4.98 Å². The number of fused-ring (bicyclic) bond motifs is 1. The van der Waals surface area contributed by atoms with Gasteiger partial charge >= 0.3 is 0 Å². The van der Waals surface area contributed by atoms with Crippen LogP contribution in [0.4, 0.5) is 0 Å². The van der Waals surface area contributed by atoms with Crippen molar-refractivity contribution in [2.24, 2.45) is 5.92 Å². The molecule has 3 heteroatoms. The summed E-state index contributed by atoms with van der Waals surface area (Å²) < 4.78 is 0. The number of para-hydroxylation sites is 1. The first-order valence-electron chi connectivity index (χ1n) is 9.73. The van der Waals surface area contributed by atoms with Crippen LogP contribution < -0.4 is 0 Å². The molecular weight excluding hydrogens is 358 g/mol. The first-order valence-corrected chi connectivity index (χ1v) is 9.73. The van der Waals surface area contributed by atoms with Gasteiger partial charge in [0, 0.05) is 41.0 Å². The fraction of sp³-hybridized carbons (Fsp3) is 0.115. The molecule has 1 atom stereocenters. The number of hydrogen-bond acceptors (Lipinski definition) is 3. The average Bonchev–Trinajstić information content (AvgIpc) is 2.79. The fourth-order valence-electron chi connectivity index (χ4n) is 3.54. The molecule has 4 rings (SSSR count). The number of carbonyl (C=O) groups is 2. The summed E-state index contributed by atoms with van der Waals surface area (Å²) in [6.45, 7) is 0. The maximum atomic E-state index is 13.2. The molecule has 1 aromatic heterocycles. The lowest BCUT2D eigenvalue weighted by Crippen LogP contribution is -2.22. The monoisotopic (exact) mass is 379 g/mol. The lowest BCUT2D eigenvalue weighted by molar-refractivity contribution is 0.0851. The van der Waals surface area contributed by atoms with Gasteiger partial charge in [0.1, 0.15) is 0 Å². The van der Waals surface area contributed by atoms with Gasteiger partial charge in [-0.1, -0.05) is 84.9 Å². The number of Topliss-reactive ketones (excluding diaryl/α,β-unsaturated/α-hetero) is 2. The molecule has 1 unspecified atom stereocenters. The predicted octanol–water partition coefficient (Wildman–Crippen LogP) is 5.55. The second-order valence-electron chi connectivity index (χ2n) is 7.12. The van der Waals surface area contributed by atoms with Crippen LogP contribution >= 0.6 is 0 Å². The zero-order chi connectivity index (χ0) is 20.1. The van der Waals surface area contributed by atoms with Crippen molar-refractivity contribution in [3.8, 4) is 0 Å². The number of nitrogens with zero attached hydrogens (tertiary/aromatic N) is 1. The van der Waals surface area contributed by atoms with Gasteiger partial charge in [0.15, 0.2) is 11.6 Å². The van der Waals surface area contributed by atoms with E-state index in [1.54, 1.807) is 24.3 Å². The Bertz CT molecular complexity index is 1140. The van der Waals surface area contributed by atoms with Crippen LogP contribution in [0.3, 0.4) is 0 Å². The number of rotatable bonds is 7. The highest BCUT2D eigenvalue weighted by molar-refractivity contribution is 6.03. The van der Waals surface area contributed by atoms with E-state index in [9.17, 15) is 9.59 Å². The van der Waals surface area contributed by atoms with Gasteiger partial charge < -0.3 is 0 Å². The molecule has 0 spiro atoms. The van der Waals surface area contributed by atoms with Gasteiger partial charge in [-0.3, -0.25) is 14.6 Å². The Morgan fingerprint density at radius 1 is 0.690 bits per heavy atom. The minimum atomic E-state index is -0.459. The number of ketones is 2. The summed E-state index contributed by atoms with van der Waals surface area (Å²) in [5, 5.41) is 1.06. The number of aromatic nitrogens is 1. The number of pyridine rings is 1. The quantitative estimate of drug-likeness (QED) is 0.396. The maximum absolute atomic E-state index is 13.2. The van der Waals surface area contributed by atoms with Crippen molar-refractivity contribution in [3.63, 3.8) is 0 Å². The van der Waals surface area contributed by atoms with Crippen molar-refractivity contribution in [2.75, 3.05) is 0 Å². The van der Waals surface area contributed by atoms with Crippen LogP contribution in [0.15, 0.2) is 97.1 Å². The molecule has 0 aliphatic rings. The number of hydrogen-bond donors (Lipinski definition) is 0. The molecule has 29 heavy (non-hydrogen) atoms. The van der Waals surface area contributed by atoms with Gasteiger partial charge in [-0.15, -0.1) is 0 Å². The number of benzene rings is 3. The predicted molar refractivity (Wildman–Crippen MR) is 115 cm³/mol. The van der Waals surface area contributed by atoms with Crippen LogP contribution in [0.25, 0.3) is 10.9 Å². The minimum Gasteiger partial charge on any atom is -0.294 e. The molecule has 3 aromatic carbocycles. The molecule has 0 N–H and O–H groups in total. The summed E-state index contributed by atoms with van der Waals surface area (Å²) in [6, 6.07) is 30.2. The van der Waals surface area contributed by atoms with Gasteiger partial charge in [0.25, 0.3) is 0 Å². The normalized spacial score (nSPS) is 11.9. The van der Waals surface area contributed by atoms with Crippen molar-refractivity contribution >= 4 is 22.5 Å². The van der Waals surface area contributed by atoms with Gasteiger partial charge in [0.2, 0.25) is 0 Å². The molecule has 0 radical (unpaired) electrons. The Labute approximate surface area is 170 Å². The lowest BCUT2D eigenvalue weighted by Gasteiger charge is -2.16. The average molecular weight is 379 g/mol. The first-order chi connectivity index (χ1) is 14.2. The summed E-state index contributed by atoms with van der Waals surface area (Å²) in [4.78, 5) is 30.7. The molecule has 1 heterocycles. The van der Waals surface area contributed by atoms with Crippen molar-refractivity contribution in [2.45, 2.75) is 12.8 Å². The largest absolute Gasteiger partial charge is 0.294 e. The van der Waals surface area contributed by atoms with Crippen molar-refractivity contribution in [3.05, 3.63) is 114 Å². The van der Waals surface area contributed by atoms with Gasteiger partial charge in [-0.2, -0.15) is 0 Å². The highest BCUT2D eigenvalue weighted by Crippen LogP contribution is 2.21. The van der Waals surface area contributed by atoms with Crippen LogP contribution in [-0.2, 0) is 6.42 Å². The fourth-order valence-corrected chi connectivity index (χ4v) is 3.54. The molecule has 0 fully saturated rings. The molecule has 0 bridgehead atoms. The summed E-state index contributed by atoms with van der Waals surface area (Å²) in [6.07, 6.45) is 0.587. The van der Waals surface area contributed by atoms with E-state index in [1.807, 2.05) is 72.8 Å². The zero-order valence-corrected chi connectivity index (χ0v) is 16.0. The Kier molecular flexibility index (Phi) is 5.57. The molecule has 0 saturated heterocycles. The molecule has 4 aromatic rings. The highest BCUT2D eigenvalue weighted by atomic mass is 16.1.